The van der Waals surface area contributed by atoms with E-state index in [9.17, 15) is 19.5 Å². The van der Waals surface area contributed by atoms with Crippen LogP contribution >= 0.6 is 23.4 Å². The van der Waals surface area contributed by atoms with Crippen molar-refractivity contribution in [3.8, 4) is 0 Å². The summed E-state index contributed by atoms with van der Waals surface area (Å²) in [6.45, 7) is 13.2. The van der Waals surface area contributed by atoms with Gasteiger partial charge in [-0.1, -0.05) is 42.8 Å². The highest BCUT2D eigenvalue weighted by Crippen LogP contribution is 2.71. The van der Waals surface area contributed by atoms with E-state index in [0.29, 0.717) is 36.6 Å². The van der Waals surface area contributed by atoms with Crippen LogP contribution in [0.1, 0.15) is 39.5 Å². The minimum absolute atomic E-state index is 0.0362. The lowest BCUT2D eigenvalue weighted by atomic mass is 9.66. The van der Waals surface area contributed by atoms with Crippen molar-refractivity contribution in [1.29, 1.82) is 0 Å². The molecule has 0 aliphatic carbocycles. The Kier molecular flexibility index (Phi) is 8.65. The summed E-state index contributed by atoms with van der Waals surface area (Å²) in [6, 6.07) is 6.38. The smallest absolute Gasteiger partial charge is 0.251 e. The number of benzene rings is 1. The predicted octanol–water partition coefficient (Wildman–Crippen LogP) is 4.15. The van der Waals surface area contributed by atoms with E-state index in [1.54, 1.807) is 56.8 Å². The van der Waals surface area contributed by atoms with Crippen LogP contribution in [0.5, 0.6) is 0 Å². The van der Waals surface area contributed by atoms with E-state index < -0.39 is 27.4 Å². The summed E-state index contributed by atoms with van der Waals surface area (Å²) in [7, 11) is 0. The number of halogens is 1. The number of rotatable bonds is 12. The number of thioether (sulfide) groups is 1. The van der Waals surface area contributed by atoms with E-state index in [-0.39, 0.29) is 37.4 Å². The zero-order chi connectivity index (χ0) is 27.7. The van der Waals surface area contributed by atoms with Crippen LogP contribution in [0.4, 0.5) is 5.69 Å². The van der Waals surface area contributed by atoms with Crippen LogP contribution < -0.4 is 4.90 Å². The minimum Gasteiger partial charge on any atom is -0.396 e. The van der Waals surface area contributed by atoms with E-state index in [2.05, 4.69) is 20.1 Å². The third-order valence-corrected chi connectivity index (χ3v) is 10.5. The second-order valence-corrected chi connectivity index (χ2v) is 12.9. The maximum Gasteiger partial charge on any atom is 0.251 e. The molecule has 2 bridgehead atoms. The molecule has 7 nitrogen and oxygen atoms in total. The molecule has 3 heterocycles. The normalized spacial score (nSPS) is 29.3. The highest BCUT2D eigenvalue weighted by atomic mass is 35.5. The number of likely N-dealkylation sites (tertiary alicyclic amines) is 1. The topological polar surface area (TPSA) is 81.2 Å². The molecule has 1 spiro atoms. The van der Waals surface area contributed by atoms with Gasteiger partial charge in [0.25, 0.3) is 5.91 Å². The van der Waals surface area contributed by atoms with Crippen LogP contribution in [0.3, 0.4) is 0 Å². The number of amides is 3. The summed E-state index contributed by atoms with van der Waals surface area (Å²) in [6.07, 6.45) is 5.94. The van der Waals surface area contributed by atoms with Crippen molar-refractivity contribution in [2.75, 3.05) is 37.7 Å². The Balaban J connectivity index is 1.80. The summed E-state index contributed by atoms with van der Waals surface area (Å²) in [4.78, 5) is 47.7. The average Bonchev–Trinajstić information content (AvgIpc) is 3.46. The molecule has 3 aliphatic rings. The Labute approximate surface area is 234 Å². The lowest BCUT2D eigenvalue weighted by Gasteiger charge is -2.38. The van der Waals surface area contributed by atoms with Gasteiger partial charge in [-0.3, -0.25) is 14.4 Å². The maximum absolute atomic E-state index is 14.5. The van der Waals surface area contributed by atoms with Crippen LogP contribution in [0, 0.1) is 11.8 Å². The lowest BCUT2D eigenvalue weighted by molar-refractivity contribution is -0.145. The number of fused-ring (bicyclic) bond motifs is 1. The van der Waals surface area contributed by atoms with Gasteiger partial charge in [0.2, 0.25) is 11.8 Å². The molecule has 5 atom stereocenters. The molecule has 0 aromatic heterocycles. The molecule has 3 amide bonds. The Morgan fingerprint density at radius 3 is 2.55 bits per heavy atom. The van der Waals surface area contributed by atoms with Crippen molar-refractivity contribution in [3.63, 3.8) is 0 Å². The molecule has 3 aliphatic heterocycles. The summed E-state index contributed by atoms with van der Waals surface area (Å²) in [5.41, 5.74) is 0.560. The van der Waals surface area contributed by atoms with Gasteiger partial charge in [0.05, 0.1) is 27.3 Å². The molecule has 4 rings (SSSR count). The molecule has 9 heteroatoms. The number of aliphatic hydroxyl groups is 1. The van der Waals surface area contributed by atoms with E-state index in [0.717, 1.165) is 12.8 Å². The number of nitrogens with zero attached hydrogens (tertiary/aromatic N) is 3. The first kappa shape index (κ1) is 28.7. The number of anilines is 1. The number of carbonyl (C=O) groups is 3. The maximum atomic E-state index is 14.5. The zero-order valence-corrected chi connectivity index (χ0v) is 23.8. The van der Waals surface area contributed by atoms with Gasteiger partial charge in [0.1, 0.15) is 6.04 Å². The van der Waals surface area contributed by atoms with Crippen molar-refractivity contribution in [3.05, 3.63) is 54.6 Å². The first-order valence-electron chi connectivity index (χ1n) is 13.4. The Morgan fingerprint density at radius 1 is 1.21 bits per heavy atom. The quantitative estimate of drug-likeness (QED) is 0.389. The van der Waals surface area contributed by atoms with Crippen LogP contribution in [-0.4, -0.2) is 80.9 Å². The van der Waals surface area contributed by atoms with Gasteiger partial charge in [0.15, 0.2) is 0 Å². The molecule has 0 saturated carbocycles. The summed E-state index contributed by atoms with van der Waals surface area (Å²) < 4.78 is -1.18. The number of carbonyl (C=O) groups excluding carboxylic acids is 3. The van der Waals surface area contributed by atoms with Gasteiger partial charge in [-0.25, -0.2) is 0 Å². The zero-order valence-electron chi connectivity index (χ0n) is 22.3. The lowest BCUT2D eigenvalue weighted by Crippen LogP contribution is -2.55. The molecule has 206 valence electrons. The fraction of sp³-hybridized carbons (Fsp3) is 0.552. The number of para-hydroxylation sites is 1. The summed E-state index contributed by atoms with van der Waals surface area (Å²) >= 11 is 8.17. The second kappa shape index (κ2) is 11.4. The predicted molar refractivity (Wildman–Crippen MR) is 153 cm³/mol. The number of hydrogen-bond acceptors (Lipinski definition) is 5. The molecule has 0 radical (unpaired) electrons. The van der Waals surface area contributed by atoms with E-state index in [1.807, 2.05) is 13.0 Å². The summed E-state index contributed by atoms with van der Waals surface area (Å²) in [5, 5.41) is 10.0. The van der Waals surface area contributed by atoms with Gasteiger partial charge in [-0.05, 0) is 44.7 Å². The van der Waals surface area contributed by atoms with E-state index in [4.69, 9.17) is 11.6 Å². The Bertz CT molecular complexity index is 1120. The number of hydrogen-bond donors (Lipinski definition) is 1. The standard InChI is InChI=1S/C29H38ClN3O4S/c1-5-15-31(16-6-2)25(35)22-23-26(36)33(18-10-19-34)24(29(23)14-13-28(22,4)38-29)27(37)32(17-7-3)21-12-9-8-11-20(21)30/h5,7-9,11-12,22-24,34H,1,3,6,10,13-19H2,2,4H3/t22-,23-,24?,28+,29?/m0/s1. The SMILES string of the molecule is C=CCN(CCC)C(=O)[C@@H]1[C@H]2C(=O)N(CCCO)C(C(=O)N(CC=C)c3ccccc3Cl)C23CC[C@@]1(C)S3. The van der Waals surface area contributed by atoms with Crippen LogP contribution in [0.15, 0.2) is 49.6 Å². The highest BCUT2D eigenvalue weighted by Gasteiger charge is 2.77. The van der Waals surface area contributed by atoms with Gasteiger partial charge in [-0.15, -0.1) is 24.9 Å². The van der Waals surface area contributed by atoms with E-state index >= 15 is 0 Å². The average molecular weight is 560 g/mol. The third-order valence-electron chi connectivity index (χ3n) is 8.21. The first-order chi connectivity index (χ1) is 18.2. The Hall–Kier alpha value is -2.29. The second-order valence-electron chi connectivity index (χ2n) is 10.6. The van der Waals surface area contributed by atoms with Crippen LogP contribution in [-0.2, 0) is 14.4 Å². The summed E-state index contributed by atoms with van der Waals surface area (Å²) in [5.74, 6) is -1.56. The molecular weight excluding hydrogens is 522 g/mol. The number of aliphatic hydroxyl groups excluding tert-OH is 1. The monoisotopic (exact) mass is 559 g/mol. The van der Waals surface area contributed by atoms with Crippen molar-refractivity contribution < 1.29 is 19.5 Å². The van der Waals surface area contributed by atoms with Gasteiger partial charge in [-0.2, -0.15) is 0 Å². The molecule has 38 heavy (non-hydrogen) atoms. The van der Waals surface area contributed by atoms with Gasteiger partial charge in [0, 0.05) is 37.5 Å². The van der Waals surface area contributed by atoms with Crippen molar-refractivity contribution in [1.82, 2.24) is 9.80 Å². The Morgan fingerprint density at radius 2 is 1.92 bits per heavy atom. The van der Waals surface area contributed by atoms with Gasteiger partial charge < -0.3 is 19.8 Å². The highest BCUT2D eigenvalue weighted by molar-refractivity contribution is 8.02. The van der Waals surface area contributed by atoms with Crippen LogP contribution in [0.25, 0.3) is 0 Å². The molecule has 1 aromatic rings. The first-order valence-corrected chi connectivity index (χ1v) is 14.6. The fourth-order valence-corrected chi connectivity index (χ4v) is 9.31. The van der Waals surface area contributed by atoms with E-state index in [1.165, 1.54) is 0 Å². The molecule has 1 N–H and O–H groups in total. The third kappa shape index (κ3) is 4.58. The molecule has 3 saturated heterocycles. The van der Waals surface area contributed by atoms with Crippen molar-refractivity contribution in [2.24, 2.45) is 11.8 Å². The minimum atomic E-state index is -0.772. The fourth-order valence-electron chi connectivity index (χ4n) is 6.73. The van der Waals surface area contributed by atoms with Crippen LogP contribution in [0.2, 0.25) is 5.02 Å². The largest absolute Gasteiger partial charge is 0.396 e. The van der Waals surface area contributed by atoms with Crippen molar-refractivity contribution >= 4 is 46.8 Å². The molecule has 1 aromatic carbocycles. The van der Waals surface area contributed by atoms with Gasteiger partial charge >= 0.3 is 0 Å². The molecule has 2 unspecified atom stereocenters. The van der Waals surface area contributed by atoms with Crippen molar-refractivity contribution in [2.45, 2.75) is 55.1 Å². The molecule has 3 fully saturated rings. The molecular formula is C29H38ClN3O4S.